The molecule has 0 amide bonds. The summed E-state index contributed by atoms with van der Waals surface area (Å²) < 4.78 is 0. The van der Waals surface area contributed by atoms with Crippen molar-refractivity contribution < 1.29 is 0 Å². The molecule has 0 spiro atoms. The Morgan fingerprint density at radius 3 is 2.58 bits per heavy atom. The summed E-state index contributed by atoms with van der Waals surface area (Å²) in [5.74, 6) is 0. The van der Waals surface area contributed by atoms with Crippen molar-refractivity contribution in [3.63, 3.8) is 0 Å². The van der Waals surface area contributed by atoms with Crippen LogP contribution in [0, 0.1) is 0 Å². The van der Waals surface area contributed by atoms with Crippen LogP contribution in [-0.2, 0) is 6.42 Å². The number of benzene rings is 1. The first kappa shape index (κ1) is 9.34. The van der Waals surface area contributed by atoms with Gasteiger partial charge in [0.15, 0.2) is 0 Å². The molecule has 0 bridgehead atoms. The van der Waals surface area contributed by atoms with Crippen molar-refractivity contribution in [1.29, 1.82) is 0 Å². The quantitative estimate of drug-likeness (QED) is 0.494. The van der Waals surface area contributed by atoms with Gasteiger partial charge in [-0.1, -0.05) is 42.5 Å². The lowest BCUT2D eigenvalue weighted by Gasteiger charge is -1.94. The predicted octanol–water partition coefficient (Wildman–Crippen LogP) is 3.41. The standard InChI is InChI=1S/C11H13Cl/c1-10(12)6-5-9-11-7-3-2-4-8-11/h2-8,10H,9H2,1H3/b6-5+. The number of hydrogen-bond donors (Lipinski definition) is 0. The normalized spacial score (nSPS) is 13.5. The van der Waals surface area contributed by atoms with E-state index in [1.807, 2.05) is 31.2 Å². The van der Waals surface area contributed by atoms with Gasteiger partial charge in [-0.15, -0.1) is 11.6 Å². The first-order valence-electron chi connectivity index (χ1n) is 4.13. The van der Waals surface area contributed by atoms with E-state index in [4.69, 9.17) is 11.6 Å². The fourth-order valence-electron chi connectivity index (χ4n) is 1.01. The van der Waals surface area contributed by atoms with E-state index in [-0.39, 0.29) is 5.38 Å². The van der Waals surface area contributed by atoms with Crippen LogP contribution in [0.1, 0.15) is 12.5 Å². The fraction of sp³-hybridized carbons (Fsp3) is 0.273. The molecule has 0 heterocycles. The van der Waals surface area contributed by atoms with Crippen molar-refractivity contribution in [3.05, 3.63) is 48.0 Å². The SMILES string of the molecule is CC(Cl)/C=C/Cc1ccccc1. The Kier molecular flexibility index (Phi) is 3.89. The number of rotatable bonds is 3. The Labute approximate surface area is 78.9 Å². The summed E-state index contributed by atoms with van der Waals surface area (Å²) in [6.07, 6.45) is 5.08. The summed E-state index contributed by atoms with van der Waals surface area (Å²) in [5.41, 5.74) is 1.33. The van der Waals surface area contributed by atoms with Gasteiger partial charge in [0, 0.05) is 5.38 Å². The number of hydrogen-bond acceptors (Lipinski definition) is 0. The van der Waals surface area contributed by atoms with Gasteiger partial charge in [0.05, 0.1) is 0 Å². The maximum atomic E-state index is 5.76. The van der Waals surface area contributed by atoms with Crippen molar-refractivity contribution in [1.82, 2.24) is 0 Å². The van der Waals surface area contributed by atoms with Crippen molar-refractivity contribution >= 4 is 11.6 Å². The van der Waals surface area contributed by atoms with E-state index in [1.54, 1.807) is 0 Å². The number of allylic oxidation sites excluding steroid dienone is 2. The third kappa shape index (κ3) is 3.59. The van der Waals surface area contributed by atoms with Crippen LogP contribution < -0.4 is 0 Å². The zero-order valence-electron chi connectivity index (χ0n) is 7.20. The van der Waals surface area contributed by atoms with Crippen LogP contribution in [0.5, 0.6) is 0 Å². The summed E-state index contributed by atoms with van der Waals surface area (Å²) in [7, 11) is 0. The molecule has 0 aromatic heterocycles. The predicted molar refractivity (Wildman–Crippen MR) is 54.6 cm³/mol. The molecule has 1 heteroatoms. The summed E-state index contributed by atoms with van der Waals surface area (Å²) in [4.78, 5) is 0. The molecule has 0 N–H and O–H groups in total. The van der Waals surface area contributed by atoms with E-state index in [1.165, 1.54) is 5.56 Å². The van der Waals surface area contributed by atoms with Gasteiger partial charge in [0.1, 0.15) is 0 Å². The van der Waals surface area contributed by atoms with Crippen LogP contribution in [0.2, 0.25) is 0 Å². The highest BCUT2D eigenvalue weighted by Crippen LogP contribution is 2.02. The second kappa shape index (κ2) is 5.00. The number of alkyl halides is 1. The van der Waals surface area contributed by atoms with E-state index in [2.05, 4.69) is 18.2 Å². The smallest absolute Gasteiger partial charge is 0.0487 e. The van der Waals surface area contributed by atoms with Gasteiger partial charge in [-0.25, -0.2) is 0 Å². The average Bonchev–Trinajstić information content (AvgIpc) is 2.05. The molecule has 0 fully saturated rings. The van der Waals surface area contributed by atoms with Gasteiger partial charge in [-0.3, -0.25) is 0 Å². The zero-order chi connectivity index (χ0) is 8.81. The topological polar surface area (TPSA) is 0 Å². The van der Waals surface area contributed by atoms with Gasteiger partial charge in [0.2, 0.25) is 0 Å². The van der Waals surface area contributed by atoms with E-state index in [9.17, 15) is 0 Å². The molecular weight excluding hydrogens is 168 g/mol. The molecule has 1 rings (SSSR count). The lowest BCUT2D eigenvalue weighted by atomic mass is 10.1. The molecule has 1 unspecified atom stereocenters. The summed E-state index contributed by atoms with van der Waals surface area (Å²) >= 11 is 5.76. The van der Waals surface area contributed by atoms with Crippen LogP contribution in [0.4, 0.5) is 0 Å². The highest BCUT2D eigenvalue weighted by atomic mass is 35.5. The summed E-state index contributed by atoms with van der Waals surface area (Å²) in [5, 5.41) is 0.133. The molecule has 0 saturated carbocycles. The fourth-order valence-corrected chi connectivity index (χ4v) is 1.11. The highest BCUT2D eigenvalue weighted by Gasteiger charge is 1.88. The Hall–Kier alpha value is -0.750. The van der Waals surface area contributed by atoms with Crippen LogP contribution in [0.25, 0.3) is 0 Å². The second-order valence-electron chi connectivity index (χ2n) is 2.80. The summed E-state index contributed by atoms with van der Waals surface area (Å²) in [6, 6.07) is 10.4. The van der Waals surface area contributed by atoms with Crippen molar-refractivity contribution in [3.8, 4) is 0 Å². The molecule has 0 aliphatic carbocycles. The van der Waals surface area contributed by atoms with Crippen LogP contribution in [-0.4, -0.2) is 5.38 Å². The molecule has 0 radical (unpaired) electrons. The molecule has 1 aromatic rings. The van der Waals surface area contributed by atoms with Gasteiger partial charge in [0.25, 0.3) is 0 Å². The Balaban J connectivity index is 2.43. The third-order valence-electron chi connectivity index (χ3n) is 1.60. The molecule has 1 atom stereocenters. The van der Waals surface area contributed by atoms with Crippen LogP contribution >= 0.6 is 11.6 Å². The van der Waals surface area contributed by atoms with E-state index in [0.717, 1.165) is 6.42 Å². The lowest BCUT2D eigenvalue weighted by Crippen LogP contribution is -1.83. The van der Waals surface area contributed by atoms with Crippen LogP contribution in [0.15, 0.2) is 42.5 Å². The van der Waals surface area contributed by atoms with Gasteiger partial charge in [-0.2, -0.15) is 0 Å². The molecule has 0 aliphatic rings. The largest absolute Gasteiger partial charge is 0.119 e. The maximum absolute atomic E-state index is 5.76. The first-order valence-corrected chi connectivity index (χ1v) is 4.57. The first-order chi connectivity index (χ1) is 5.79. The monoisotopic (exact) mass is 180 g/mol. The minimum absolute atomic E-state index is 0.133. The Morgan fingerprint density at radius 1 is 1.33 bits per heavy atom. The third-order valence-corrected chi connectivity index (χ3v) is 1.74. The van der Waals surface area contributed by atoms with E-state index >= 15 is 0 Å². The average molecular weight is 181 g/mol. The second-order valence-corrected chi connectivity index (χ2v) is 3.48. The molecular formula is C11H13Cl. The Bertz CT molecular complexity index is 236. The molecule has 0 saturated heterocycles. The molecule has 1 aromatic carbocycles. The highest BCUT2D eigenvalue weighted by molar-refractivity contribution is 6.21. The lowest BCUT2D eigenvalue weighted by molar-refractivity contribution is 1.18. The van der Waals surface area contributed by atoms with Crippen molar-refractivity contribution in [2.45, 2.75) is 18.7 Å². The number of halogens is 1. The van der Waals surface area contributed by atoms with Gasteiger partial charge < -0.3 is 0 Å². The van der Waals surface area contributed by atoms with E-state index in [0.29, 0.717) is 0 Å². The molecule has 64 valence electrons. The molecule has 0 nitrogen and oxygen atoms in total. The van der Waals surface area contributed by atoms with E-state index < -0.39 is 0 Å². The minimum atomic E-state index is 0.133. The molecule has 0 aliphatic heterocycles. The minimum Gasteiger partial charge on any atom is -0.119 e. The zero-order valence-corrected chi connectivity index (χ0v) is 7.96. The van der Waals surface area contributed by atoms with Gasteiger partial charge >= 0.3 is 0 Å². The van der Waals surface area contributed by atoms with Crippen LogP contribution in [0.3, 0.4) is 0 Å². The van der Waals surface area contributed by atoms with Crippen molar-refractivity contribution in [2.75, 3.05) is 0 Å². The van der Waals surface area contributed by atoms with Gasteiger partial charge in [-0.05, 0) is 18.9 Å². The maximum Gasteiger partial charge on any atom is 0.0487 e. The summed E-state index contributed by atoms with van der Waals surface area (Å²) in [6.45, 7) is 1.96. The molecule has 12 heavy (non-hydrogen) atoms. The van der Waals surface area contributed by atoms with Crippen molar-refractivity contribution in [2.24, 2.45) is 0 Å². The Morgan fingerprint density at radius 2 is 2.00 bits per heavy atom.